The first-order valence-electron chi connectivity index (χ1n) is 11.0. The van der Waals surface area contributed by atoms with Gasteiger partial charge in [0.05, 0.1) is 6.54 Å². The number of methoxy groups -OCH3 is 1. The fraction of sp³-hybridized carbons (Fsp3) is 0.652. The van der Waals surface area contributed by atoms with Crippen LogP contribution in [0.3, 0.4) is 0 Å². The number of benzene rings is 1. The zero-order chi connectivity index (χ0) is 21.8. The Morgan fingerprint density at radius 3 is 2.61 bits per heavy atom. The molecule has 8 heteroatoms. The lowest BCUT2D eigenvalue weighted by atomic mass is 9.67. The second-order valence-electron chi connectivity index (χ2n) is 8.40. The third kappa shape index (κ3) is 9.74. The molecule has 7 nitrogen and oxygen atoms in total. The Hall–Kier alpha value is -1.39. The number of carbonyl (C=O) groups is 1. The number of rotatable bonds is 12. The fourth-order valence-corrected chi connectivity index (χ4v) is 3.60. The molecule has 176 valence electrons. The molecule has 3 N–H and O–H groups in total. The molecule has 2 rings (SSSR count). The van der Waals surface area contributed by atoms with Crippen molar-refractivity contribution in [2.75, 3.05) is 54.0 Å². The summed E-state index contributed by atoms with van der Waals surface area (Å²) in [7, 11) is 5.75. The van der Waals surface area contributed by atoms with E-state index in [9.17, 15) is 4.79 Å². The van der Waals surface area contributed by atoms with E-state index >= 15 is 0 Å². The summed E-state index contributed by atoms with van der Waals surface area (Å²) in [6, 6.07) is 7.69. The highest BCUT2D eigenvalue weighted by molar-refractivity contribution is 14.0. The average molecular weight is 546 g/mol. The molecule has 0 unspecified atom stereocenters. The minimum atomic E-state index is -0.0437. The van der Waals surface area contributed by atoms with Crippen LogP contribution < -0.4 is 16.0 Å². The van der Waals surface area contributed by atoms with Crippen LogP contribution in [0.15, 0.2) is 29.3 Å². The molecular formula is C23H40IN5O2. The molecular weight excluding hydrogens is 505 g/mol. The van der Waals surface area contributed by atoms with Crippen molar-refractivity contribution in [2.45, 2.75) is 39.2 Å². The summed E-state index contributed by atoms with van der Waals surface area (Å²) in [6.45, 7) is 6.58. The van der Waals surface area contributed by atoms with Crippen molar-refractivity contribution in [1.82, 2.24) is 20.9 Å². The molecule has 1 fully saturated rings. The molecule has 0 heterocycles. The number of aliphatic imine (C=N–C) groups is 1. The minimum Gasteiger partial charge on any atom is -0.385 e. The third-order valence-electron chi connectivity index (χ3n) is 5.68. The number of amides is 1. The van der Waals surface area contributed by atoms with Crippen molar-refractivity contribution in [3.05, 3.63) is 35.4 Å². The molecule has 1 amide bonds. The molecule has 0 atom stereocenters. The first-order chi connectivity index (χ1) is 14.5. The zero-order valence-electron chi connectivity index (χ0n) is 19.5. The van der Waals surface area contributed by atoms with Gasteiger partial charge >= 0.3 is 0 Å². The number of likely N-dealkylation sites (N-methyl/N-ethyl adjacent to an activating group) is 1. The van der Waals surface area contributed by atoms with Crippen LogP contribution in [0.2, 0.25) is 0 Å². The van der Waals surface area contributed by atoms with Crippen LogP contribution in [0.4, 0.5) is 0 Å². The molecule has 0 radical (unpaired) electrons. The van der Waals surface area contributed by atoms with E-state index in [2.05, 4.69) is 22.9 Å². The van der Waals surface area contributed by atoms with Crippen LogP contribution >= 0.6 is 24.0 Å². The SMILES string of the molecule is CCNC(=NCc1cccc(C(=O)NCCN(C)C)c1)NCC1(CCOC)CCC1.I. The summed E-state index contributed by atoms with van der Waals surface area (Å²) in [6.07, 6.45) is 4.87. The van der Waals surface area contributed by atoms with Gasteiger partial charge in [-0.3, -0.25) is 4.79 Å². The molecule has 0 saturated heterocycles. The Balaban J connectivity index is 0.00000480. The zero-order valence-corrected chi connectivity index (χ0v) is 21.8. The van der Waals surface area contributed by atoms with Gasteiger partial charge in [-0.1, -0.05) is 18.6 Å². The van der Waals surface area contributed by atoms with Crippen molar-refractivity contribution in [1.29, 1.82) is 0 Å². The number of guanidine groups is 1. The number of nitrogens with zero attached hydrogens (tertiary/aromatic N) is 2. The number of ether oxygens (including phenoxy) is 1. The van der Waals surface area contributed by atoms with E-state index in [0.717, 1.165) is 44.2 Å². The van der Waals surface area contributed by atoms with Crippen LogP contribution in [-0.4, -0.2) is 70.8 Å². The van der Waals surface area contributed by atoms with Gasteiger partial charge in [-0.15, -0.1) is 24.0 Å². The monoisotopic (exact) mass is 545 g/mol. The molecule has 0 aliphatic heterocycles. The maximum absolute atomic E-state index is 12.4. The number of carbonyl (C=O) groups excluding carboxylic acids is 1. The molecule has 1 aliphatic rings. The average Bonchev–Trinajstić information content (AvgIpc) is 2.70. The summed E-state index contributed by atoms with van der Waals surface area (Å²) in [5.74, 6) is 0.778. The number of hydrogen-bond acceptors (Lipinski definition) is 4. The van der Waals surface area contributed by atoms with Crippen molar-refractivity contribution >= 4 is 35.8 Å². The van der Waals surface area contributed by atoms with Gasteiger partial charge in [-0.25, -0.2) is 4.99 Å². The Morgan fingerprint density at radius 1 is 1.23 bits per heavy atom. The summed E-state index contributed by atoms with van der Waals surface area (Å²) in [5.41, 5.74) is 2.02. The van der Waals surface area contributed by atoms with Gasteiger partial charge in [0.15, 0.2) is 5.96 Å². The Morgan fingerprint density at radius 2 is 2.00 bits per heavy atom. The van der Waals surface area contributed by atoms with Crippen molar-refractivity contribution < 1.29 is 9.53 Å². The van der Waals surface area contributed by atoms with E-state index in [0.29, 0.717) is 24.1 Å². The first kappa shape index (κ1) is 27.6. The quantitative estimate of drug-likeness (QED) is 0.214. The van der Waals surface area contributed by atoms with Crippen LogP contribution in [0, 0.1) is 5.41 Å². The van der Waals surface area contributed by atoms with Crippen molar-refractivity contribution in [3.63, 3.8) is 0 Å². The Bertz CT molecular complexity index is 692. The van der Waals surface area contributed by atoms with Gasteiger partial charge in [-0.05, 0) is 63.4 Å². The van der Waals surface area contributed by atoms with E-state index in [1.54, 1.807) is 7.11 Å². The van der Waals surface area contributed by atoms with E-state index in [1.165, 1.54) is 19.3 Å². The predicted octanol–water partition coefficient (Wildman–Crippen LogP) is 2.86. The van der Waals surface area contributed by atoms with Gasteiger partial charge < -0.3 is 25.6 Å². The van der Waals surface area contributed by atoms with E-state index in [4.69, 9.17) is 9.73 Å². The fourth-order valence-electron chi connectivity index (χ4n) is 3.60. The summed E-state index contributed by atoms with van der Waals surface area (Å²) in [5, 5.41) is 9.80. The normalized spacial score (nSPS) is 15.1. The van der Waals surface area contributed by atoms with Gasteiger partial charge in [0.1, 0.15) is 0 Å². The van der Waals surface area contributed by atoms with E-state index < -0.39 is 0 Å². The Labute approximate surface area is 204 Å². The predicted molar refractivity (Wildman–Crippen MR) is 138 cm³/mol. The topological polar surface area (TPSA) is 78.0 Å². The molecule has 1 aromatic rings. The number of halogens is 1. The molecule has 31 heavy (non-hydrogen) atoms. The standard InChI is InChI=1S/C23H39N5O2.HI/c1-5-24-22(27-18-23(10-7-11-23)12-15-30-4)26-17-19-8-6-9-20(16-19)21(29)25-13-14-28(2)3;/h6,8-9,16H,5,7,10-15,17-18H2,1-4H3,(H,25,29)(H2,24,26,27);1H. The smallest absolute Gasteiger partial charge is 0.251 e. The number of hydrogen-bond donors (Lipinski definition) is 3. The minimum absolute atomic E-state index is 0. The highest BCUT2D eigenvalue weighted by atomic mass is 127. The summed E-state index contributed by atoms with van der Waals surface area (Å²) in [4.78, 5) is 19.1. The third-order valence-corrected chi connectivity index (χ3v) is 5.68. The van der Waals surface area contributed by atoms with Gasteiger partial charge in [0.25, 0.3) is 5.91 Å². The summed E-state index contributed by atoms with van der Waals surface area (Å²) >= 11 is 0. The van der Waals surface area contributed by atoms with Gasteiger partial charge in [0.2, 0.25) is 0 Å². The van der Waals surface area contributed by atoms with Gasteiger partial charge in [-0.2, -0.15) is 0 Å². The molecule has 0 spiro atoms. The van der Waals surface area contributed by atoms with Crippen LogP contribution in [-0.2, 0) is 11.3 Å². The lowest BCUT2D eigenvalue weighted by molar-refractivity contribution is 0.0732. The molecule has 0 bridgehead atoms. The Kier molecular flexibility index (Phi) is 13.0. The lowest BCUT2D eigenvalue weighted by Crippen LogP contribution is -2.46. The van der Waals surface area contributed by atoms with E-state index in [1.807, 2.05) is 43.3 Å². The molecule has 1 aromatic carbocycles. The van der Waals surface area contributed by atoms with Crippen LogP contribution in [0.25, 0.3) is 0 Å². The summed E-state index contributed by atoms with van der Waals surface area (Å²) < 4.78 is 5.29. The largest absolute Gasteiger partial charge is 0.385 e. The first-order valence-corrected chi connectivity index (χ1v) is 11.0. The van der Waals surface area contributed by atoms with Crippen molar-refractivity contribution in [2.24, 2.45) is 10.4 Å². The highest BCUT2D eigenvalue weighted by Gasteiger charge is 2.36. The lowest BCUT2D eigenvalue weighted by Gasteiger charge is -2.42. The van der Waals surface area contributed by atoms with E-state index in [-0.39, 0.29) is 29.9 Å². The maximum Gasteiger partial charge on any atom is 0.251 e. The van der Waals surface area contributed by atoms with Crippen LogP contribution in [0.1, 0.15) is 48.5 Å². The maximum atomic E-state index is 12.4. The second kappa shape index (κ2) is 14.6. The van der Waals surface area contributed by atoms with Crippen LogP contribution in [0.5, 0.6) is 0 Å². The molecule has 1 saturated carbocycles. The van der Waals surface area contributed by atoms with Crippen molar-refractivity contribution in [3.8, 4) is 0 Å². The molecule has 1 aliphatic carbocycles. The van der Waals surface area contributed by atoms with Gasteiger partial charge in [0, 0.05) is 45.5 Å². The number of nitrogens with one attached hydrogen (secondary N) is 3. The highest BCUT2D eigenvalue weighted by Crippen LogP contribution is 2.43. The second-order valence-corrected chi connectivity index (χ2v) is 8.40. The molecule has 0 aromatic heterocycles.